The van der Waals surface area contributed by atoms with Gasteiger partial charge < -0.3 is 15.0 Å². The van der Waals surface area contributed by atoms with Crippen molar-refractivity contribution in [2.75, 3.05) is 31.5 Å². The van der Waals surface area contributed by atoms with Crippen molar-refractivity contribution in [3.05, 3.63) is 89.8 Å². The van der Waals surface area contributed by atoms with Gasteiger partial charge in [0, 0.05) is 36.6 Å². The van der Waals surface area contributed by atoms with Gasteiger partial charge in [0.05, 0.1) is 24.3 Å². The van der Waals surface area contributed by atoms with Gasteiger partial charge in [-0.1, -0.05) is 23.7 Å². The molecule has 4 heterocycles. The molecule has 2 aromatic carbocycles. The standard InChI is InChI=1S/C29H30ClN7O2/c30-23-5-8-25(9-6-23)39-26-4-1-3-22(17-26)19-35-16-12-29(20-35)11-2-15-36(21-29)28(38)34-24-7-10-27(31-18-24)37-32-13-14-33-37/h1,3-10,13-14,17-18H,2,11-12,15-16,19-21H2,(H,34,38). The second-order valence-electron chi connectivity index (χ2n) is 10.3. The molecule has 200 valence electrons. The van der Waals surface area contributed by atoms with E-state index in [4.69, 9.17) is 16.3 Å². The second-order valence-corrected chi connectivity index (χ2v) is 10.8. The number of halogens is 1. The smallest absolute Gasteiger partial charge is 0.321 e. The van der Waals surface area contributed by atoms with Crippen LogP contribution >= 0.6 is 11.6 Å². The largest absolute Gasteiger partial charge is 0.457 e. The van der Waals surface area contributed by atoms with Gasteiger partial charge >= 0.3 is 6.03 Å². The molecule has 2 aromatic heterocycles. The lowest BCUT2D eigenvalue weighted by Crippen LogP contribution is -2.48. The van der Waals surface area contributed by atoms with Crippen molar-refractivity contribution in [3.63, 3.8) is 0 Å². The Bertz CT molecular complexity index is 1410. The van der Waals surface area contributed by atoms with E-state index in [0.29, 0.717) is 16.5 Å². The average Bonchev–Trinajstić information content (AvgIpc) is 3.62. The van der Waals surface area contributed by atoms with Crippen LogP contribution in [0.5, 0.6) is 11.5 Å². The molecule has 1 N–H and O–H groups in total. The molecule has 2 saturated heterocycles. The number of nitrogens with zero attached hydrogens (tertiary/aromatic N) is 6. The summed E-state index contributed by atoms with van der Waals surface area (Å²) in [6.45, 7) is 4.38. The van der Waals surface area contributed by atoms with Gasteiger partial charge in [0.2, 0.25) is 0 Å². The molecule has 39 heavy (non-hydrogen) atoms. The number of benzene rings is 2. The van der Waals surface area contributed by atoms with Gasteiger partial charge in [-0.25, -0.2) is 9.78 Å². The van der Waals surface area contributed by atoms with Gasteiger partial charge in [0.25, 0.3) is 0 Å². The minimum atomic E-state index is -0.0775. The van der Waals surface area contributed by atoms with Crippen molar-refractivity contribution in [2.24, 2.45) is 5.41 Å². The Labute approximate surface area is 232 Å². The number of carbonyl (C=O) groups excluding carboxylic acids is 1. The third kappa shape index (κ3) is 6.05. The molecule has 2 fully saturated rings. The summed E-state index contributed by atoms with van der Waals surface area (Å²) in [5, 5.41) is 11.9. The minimum absolute atomic E-state index is 0.0775. The predicted octanol–water partition coefficient (Wildman–Crippen LogP) is 5.63. The summed E-state index contributed by atoms with van der Waals surface area (Å²) < 4.78 is 6.02. The second kappa shape index (κ2) is 11.0. The number of carbonyl (C=O) groups is 1. The normalized spacial score (nSPS) is 19.4. The van der Waals surface area contributed by atoms with Gasteiger partial charge in [0.1, 0.15) is 11.5 Å². The molecular formula is C29H30ClN7O2. The quantitative estimate of drug-likeness (QED) is 0.339. The fraction of sp³-hybridized carbons (Fsp3) is 0.310. The van der Waals surface area contributed by atoms with Crippen LogP contribution in [0.15, 0.2) is 79.3 Å². The maximum atomic E-state index is 13.1. The molecule has 2 aliphatic rings. The number of ether oxygens (including phenoxy) is 1. The zero-order valence-corrected chi connectivity index (χ0v) is 22.3. The Hall–Kier alpha value is -3.95. The van der Waals surface area contributed by atoms with Crippen LogP contribution in [-0.4, -0.2) is 62.0 Å². The number of amides is 2. The highest BCUT2D eigenvalue weighted by molar-refractivity contribution is 6.30. The molecule has 1 atom stereocenters. The maximum Gasteiger partial charge on any atom is 0.321 e. The molecule has 1 spiro atoms. The summed E-state index contributed by atoms with van der Waals surface area (Å²) >= 11 is 5.99. The Morgan fingerprint density at radius 2 is 1.82 bits per heavy atom. The molecular weight excluding hydrogens is 514 g/mol. The monoisotopic (exact) mass is 543 g/mol. The minimum Gasteiger partial charge on any atom is -0.457 e. The Morgan fingerprint density at radius 1 is 0.974 bits per heavy atom. The summed E-state index contributed by atoms with van der Waals surface area (Å²) in [7, 11) is 0. The highest BCUT2D eigenvalue weighted by Gasteiger charge is 2.42. The molecule has 0 radical (unpaired) electrons. The third-order valence-electron chi connectivity index (χ3n) is 7.44. The van der Waals surface area contributed by atoms with E-state index in [1.165, 1.54) is 10.4 Å². The van der Waals surface area contributed by atoms with Crippen LogP contribution in [0.2, 0.25) is 5.02 Å². The average molecular weight is 544 g/mol. The van der Waals surface area contributed by atoms with Gasteiger partial charge in [-0.2, -0.15) is 10.2 Å². The Balaban J connectivity index is 1.04. The number of piperidine rings is 1. The number of pyridine rings is 1. The zero-order chi connectivity index (χ0) is 26.7. The van der Waals surface area contributed by atoms with Crippen LogP contribution < -0.4 is 10.1 Å². The van der Waals surface area contributed by atoms with Crippen molar-refractivity contribution in [3.8, 4) is 17.3 Å². The van der Waals surface area contributed by atoms with E-state index in [1.807, 2.05) is 47.4 Å². The van der Waals surface area contributed by atoms with E-state index >= 15 is 0 Å². The molecule has 9 nitrogen and oxygen atoms in total. The first-order valence-corrected chi connectivity index (χ1v) is 13.5. The number of hydrogen-bond donors (Lipinski definition) is 1. The van der Waals surface area contributed by atoms with Gasteiger partial charge in [0.15, 0.2) is 5.82 Å². The fourth-order valence-corrected chi connectivity index (χ4v) is 5.72. The van der Waals surface area contributed by atoms with Crippen LogP contribution in [0.1, 0.15) is 24.8 Å². The number of anilines is 1. The SMILES string of the molecule is O=C(Nc1ccc(-n2nccn2)nc1)N1CCCC2(CCN(Cc3cccc(Oc4ccc(Cl)cc4)c3)C2)C1. The molecule has 10 heteroatoms. The number of urea groups is 1. The fourth-order valence-electron chi connectivity index (χ4n) is 5.60. The summed E-state index contributed by atoms with van der Waals surface area (Å²) in [6.07, 6.45) is 8.07. The molecule has 4 aromatic rings. The van der Waals surface area contributed by atoms with Gasteiger partial charge in [-0.15, -0.1) is 4.80 Å². The van der Waals surface area contributed by atoms with E-state index in [-0.39, 0.29) is 11.4 Å². The van der Waals surface area contributed by atoms with E-state index < -0.39 is 0 Å². The summed E-state index contributed by atoms with van der Waals surface area (Å²) in [4.78, 5) is 23.4. The molecule has 2 amide bonds. The van der Waals surface area contributed by atoms with Crippen molar-refractivity contribution >= 4 is 23.3 Å². The van der Waals surface area contributed by atoms with Crippen molar-refractivity contribution in [1.82, 2.24) is 29.8 Å². The molecule has 0 bridgehead atoms. The van der Waals surface area contributed by atoms with Crippen LogP contribution in [0.25, 0.3) is 5.82 Å². The molecule has 1 unspecified atom stereocenters. The van der Waals surface area contributed by atoms with Gasteiger partial charge in [-0.05, 0) is 79.9 Å². The van der Waals surface area contributed by atoms with Crippen LogP contribution in [-0.2, 0) is 6.54 Å². The molecule has 0 aliphatic carbocycles. The zero-order valence-electron chi connectivity index (χ0n) is 21.5. The highest BCUT2D eigenvalue weighted by atomic mass is 35.5. The summed E-state index contributed by atoms with van der Waals surface area (Å²) in [6, 6.07) is 19.2. The van der Waals surface area contributed by atoms with Crippen molar-refractivity contribution in [1.29, 1.82) is 0 Å². The van der Waals surface area contributed by atoms with E-state index in [2.05, 4.69) is 37.5 Å². The molecule has 6 rings (SSSR count). The topological polar surface area (TPSA) is 88.4 Å². The number of likely N-dealkylation sites (tertiary alicyclic amines) is 2. The van der Waals surface area contributed by atoms with E-state index in [1.54, 1.807) is 24.7 Å². The van der Waals surface area contributed by atoms with Crippen molar-refractivity contribution in [2.45, 2.75) is 25.8 Å². The van der Waals surface area contributed by atoms with Crippen LogP contribution in [0.4, 0.5) is 10.5 Å². The number of hydrogen-bond acceptors (Lipinski definition) is 6. The Kier molecular flexibility index (Phi) is 7.17. The van der Waals surface area contributed by atoms with Gasteiger partial charge in [-0.3, -0.25) is 4.90 Å². The first-order chi connectivity index (χ1) is 19.0. The first kappa shape index (κ1) is 25.3. The predicted molar refractivity (Wildman–Crippen MR) is 149 cm³/mol. The lowest BCUT2D eigenvalue weighted by molar-refractivity contribution is 0.113. The maximum absolute atomic E-state index is 13.1. The number of aromatic nitrogens is 4. The summed E-state index contributed by atoms with van der Waals surface area (Å²) in [5.41, 5.74) is 2.00. The molecule has 0 saturated carbocycles. The lowest BCUT2D eigenvalue weighted by Gasteiger charge is -2.40. The van der Waals surface area contributed by atoms with E-state index in [0.717, 1.165) is 63.5 Å². The van der Waals surface area contributed by atoms with Crippen molar-refractivity contribution < 1.29 is 9.53 Å². The first-order valence-electron chi connectivity index (χ1n) is 13.2. The summed E-state index contributed by atoms with van der Waals surface area (Å²) in [5.74, 6) is 2.18. The highest BCUT2D eigenvalue weighted by Crippen LogP contribution is 2.40. The van der Waals surface area contributed by atoms with Crippen LogP contribution in [0, 0.1) is 5.41 Å². The molecule has 2 aliphatic heterocycles. The Morgan fingerprint density at radius 3 is 2.62 bits per heavy atom. The number of rotatable bonds is 6. The lowest BCUT2D eigenvalue weighted by atomic mass is 9.79. The third-order valence-corrected chi connectivity index (χ3v) is 7.69. The van der Waals surface area contributed by atoms with Crippen LogP contribution in [0.3, 0.4) is 0 Å². The number of nitrogens with one attached hydrogen (secondary N) is 1. The van der Waals surface area contributed by atoms with E-state index in [9.17, 15) is 4.79 Å².